The van der Waals surface area contributed by atoms with Crippen molar-refractivity contribution in [1.82, 2.24) is 4.98 Å². The SMILES string of the molecule is CC(C)(C)c1cc[c]cc1Sc1ncc([N+](=O)[O-])s1. The molecule has 4 nitrogen and oxygen atoms in total. The van der Waals surface area contributed by atoms with Gasteiger partial charge in [0.25, 0.3) is 0 Å². The maximum atomic E-state index is 10.7. The highest BCUT2D eigenvalue weighted by Gasteiger charge is 2.19. The van der Waals surface area contributed by atoms with Gasteiger partial charge in [-0.05, 0) is 34.4 Å². The lowest BCUT2D eigenvalue weighted by Crippen LogP contribution is -2.12. The number of thiazole rings is 1. The van der Waals surface area contributed by atoms with Gasteiger partial charge in [-0.3, -0.25) is 10.1 Å². The molecule has 0 saturated carbocycles. The van der Waals surface area contributed by atoms with E-state index in [-0.39, 0.29) is 10.4 Å². The van der Waals surface area contributed by atoms with Gasteiger partial charge in [-0.15, -0.1) is 0 Å². The smallest absolute Gasteiger partial charge is 0.257 e. The molecule has 1 radical (unpaired) electrons. The minimum absolute atomic E-state index is 0.0145. The van der Waals surface area contributed by atoms with E-state index in [4.69, 9.17) is 0 Å². The number of nitro groups is 1. The molecule has 0 aliphatic heterocycles. The van der Waals surface area contributed by atoms with Gasteiger partial charge < -0.3 is 0 Å². The lowest BCUT2D eigenvalue weighted by atomic mass is 9.87. The largest absolute Gasteiger partial charge is 0.344 e. The Morgan fingerprint density at radius 3 is 2.79 bits per heavy atom. The van der Waals surface area contributed by atoms with E-state index in [1.54, 1.807) is 0 Å². The third-order valence-corrected chi connectivity index (χ3v) is 4.56. The number of hydrogen-bond acceptors (Lipinski definition) is 5. The maximum absolute atomic E-state index is 10.7. The van der Waals surface area contributed by atoms with E-state index < -0.39 is 4.92 Å². The molecule has 0 N–H and O–H groups in total. The normalized spacial score (nSPS) is 11.5. The van der Waals surface area contributed by atoms with Gasteiger partial charge >= 0.3 is 5.00 Å². The summed E-state index contributed by atoms with van der Waals surface area (Å²) in [6, 6.07) is 8.86. The summed E-state index contributed by atoms with van der Waals surface area (Å²) < 4.78 is 0.678. The fourth-order valence-corrected chi connectivity index (χ4v) is 3.66. The Kier molecular flexibility index (Phi) is 3.91. The molecule has 19 heavy (non-hydrogen) atoms. The molecule has 0 spiro atoms. The van der Waals surface area contributed by atoms with Crippen LogP contribution in [-0.4, -0.2) is 9.91 Å². The summed E-state index contributed by atoms with van der Waals surface area (Å²) in [6.07, 6.45) is 1.30. The Labute approximate surface area is 120 Å². The third kappa shape index (κ3) is 3.33. The summed E-state index contributed by atoms with van der Waals surface area (Å²) in [5.41, 5.74) is 1.20. The molecular weight excluding hydrogens is 280 g/mol. The molecule has 0 bridgehead atoms. The average molecular weight is 293 g/mol. The minimum Gasteiger partial charge on any atom is -0.257 e. The molecule has 0 aliphatic carbocycles. The third-order valence-electron chi connectivity index (χ3n) is 2.48. The van der Waals surface area contributed by atoms with Crippen LogP contribution in [0.3, 0.4) is 0 Å². The first-order chi connectivity index (χ1) is 8.88. The summed E-state index contributed by atoms with van der Waals surface area (Å²) in [5.74, 6) is 0. The Balaban J connectivity index is 2.30. The molecular formula is C13H13N2O2S2. The number of benzene rings is 1. The first-order valence-electron chi connectivity index (χ1n) is 5.66. The maximum Gasteiger partial charge on any atom is 0.344 e. The molecule has 99 valence electrons. The molecule has 1 heterocycles. The Hall–Kier alpha value is -1.40. The van der Waals surface area contributed by atoms with E-state index in [2.05, 4.69) is 31.8 Å². The van der Waals surface area contributed by atoms with Crippen LogP contribution in [0.25, 0.3) is 0 Å². The highest BCUT2D eigenvalue weighted by Crippen LogP contribution is 2.39. The summed E-state index contributed by atoms with van der Waals surface area (Å²) in [6.45, 7) is 6.41. The van der Waals surface area contributed by atoms with E-state index in [1.807, 2.05) is 18.2 Å². The van der Waals surface area contributed by atoms with Gasteiger partial charge in [0.05, 0.1) is 4.92 Å². The van der Waals surface area contributed by atoms with Crippen molar-refractivity contribution < 1.29 is 4.92 Å². The van der Waals surface area contributed by atoms with Crippen molar-refractivity contribution in [3.8, 4) is 0 Å². The van der Waals surface area contributed by atoms with Crippen LogP contribution >= 0.6 is 23.1 Å². The fraction of sp³-hybridized carbons (Fsp3) is 0.308. The van der Waals surface area contributed by atoms with Crippen LogP contribution < -0.4 is 0 Å². The van der Waals surface area contributed by atoms with Crippen LogP contribution in [0.5, 0.6) is 0 Å². The second kappa shape index (κ2) is 5.30. The molecule has 0 amide bonds. The molecule has 2 rings (SSSR count). The quantitative estimate of drug-likeness (QED) is 0.625. The summed E-state index contributed by atoms with van der Waals surface area (Å²) in [7, 11) is 0. The molecule has 2 aromatic rings. The van der Waals surface area contributed by atoms with E-state index >= 15 is 0 Å². The van der Waals surface area contributed by atoms with Crippen molar-refractivity contribution >= 4 is 28.1 Å². The number of nitrogens with zero attached hydrogens (tertiary/aromatic N) is 2. The lowest BCUT2D eigenvalue weighted by molar-refractivity contribution is -0.380. The summed E-state index contributed by atoms with van der Waals surface area (Å²) in [4.78, 5) is 15.4. The number of rotatable bonds is 3. The van der Waals surface area contributed by atoms with Crippen molar-refractivity contribution in [2.45, 2.75) is 35.4 Å². The highest BCUT2D eigenvalue weighted by atomic mass is 32.2. The Bertz CT molecular complexity index is 603. The topological polar surface area (TPSA) is 56.0 Å². The predicted octanol–water partition coefficient (Wildman–Crippen LogP) is 4.30. The lowest BCUT2D eigenvalue weighted by Gasteiger charge is -2.21. The molecule has 1 aromatic carbocycles. The predicted molar refractivity (Wildman–Crippen MR) is 76.9 cm³/mol. The molecule has 0 atom stereocenters. The van der Waals surface area contributed by atoms with Gasteiger partial charge in [0.2, 0.25) is 0 Å². The van der Waals surface area contributed by atoms with E-state index in [9.17, 15) is 10.1 Å². The highest BCUT2D eigenvalue weighted by molar-refractivity contribution is 8.01. The second-order valence-corrected chi connectivity index (χ2v) is 7.29. The van der Waals surface area contributed by atoms with Gasteiger partial charge in [-0.1, -0.05) is 44.7 Å². The summed E-state index contributed by atoms with van der Waals surface area (Å²) >= 11 is 2.55. The molecule has 0 aliphatic rings. The first-order valence-corrected chi connectivity index (χ1v) is 7.30. The first kappa shape index (κ1) is 14.0. The van der Waals surface area contributed by atoms with Gasteiger partial charge in [0.15, 0.2) is 4.34 Å². The van der Waals surface area contributed by atoms with Gasteiger partial charge in [0, 0.05) is 4.90 Å². The van der Waals surface area contributed by atoms with Crippen LogP contribution in [0, 0.1) is 16.2 Å². The Morgan fingerprint density at radius 1 is 1.47 bits per heavy atom. The van der Waals surface area contributed by atoms with Crippen LogP contribution in [-0.2, 0) is 5.41 Å². The van der Waals surface area contributed by atoms with Crippen molar-refractivity contribution in [3.63, 3.8) is 0 Å². The van der Waals surface area contributed by atoms with Crippen molar-refractivity contribution in [2.24, 2.45) is 0 Å². The number of aromatic nitrogens is 1. The second-order valence-electron chi connectivity index (χ2n) is 5.00. The van der Waals surface area contributed by atoms with Crippen LogP contribution in [0.4, 0.5) is 5.00 Å². The molecule has 0 saturated heterocycles. The summed E-state index contributed by atoms with van der Waals surface area (Å²) in [5, 5.41) is 10.7. The van der Waals surface area contributed by atoms with Gasteiger partial charge in [0.1, 0.15) is 6.20 Å². The van der Waals surface area contributed by atoms with Crippen molar-refractivity contribution in [1.29, 1.82) is 0 Å². The Morgan fingerprint density at radius 2 is 2.21 bits per heavy atom. The van der Waals surface area contributed by atoms with Crippen LogP contribution in [0.15, 0.2) is 33.6 Å². The van der Waals surface area contributed by atoms with Gasteiger partial charge in [-0.2, -0.15) is 0 Å². The van der Waals surface area contributed by atoms with Crippen molar-refractivity contribution in [2.75, 3.05) is 0 Å². The monoisotopic (exact) mass is 293 g/mol. The van der Waals surface area contributed by atoms with Gasteiger partial charge in [-0.25, -0.2) is 4.98 Å². The van der Waals surface area contributed by atoms with E-state index in [1.165, 1.54) is 23.5 Å². The van der Waals surface area contributed by atoms with Crippen LogP contribution in [0.2, 0.25) is 0 Å². The molecule has 6 heteroatoms. The van der Waals surface area contributed by atoms with Crippen LogP contribution in [0.1, 0.15) is 26.3 Å². The zero-order valence-corrected chi connectivity index (χ0v) is 12.5. The zero-order chi connectivity index (χ0) is 14.0. The molecule has 0 fully saturated rings. The standard InChI is InChI=1S/C13H13N2O2S2/c1-13(2,3)9-6-4-5-7-10(9)18-12-14-8-11(19-12)15(16)17/h4,6-8H,1-3H3. The average Bonchev–Trinajstić information content (AvgIpc) is 2.77. The minimum atomic E-state index is -0.413. The van der Waals surface area contributed by atoms with E-state index in [0.717, 1.165) is 16.2 Å². The molecule has 1 aromatic heterocycles. The van der Waals surface area contributed by atoms with Crippen molar-refractivity contribution in [3.05, 3.63) is 46.1 Å². The zero-order valence-electron chi connectivity index (χ0n) is 10.8. The fourth-order valence-electron chi connectivity index (χ4n) is 1.59. The molecule has 0 unspecified atom stereocenters. The number of hydrogen-bond donors (Lipinski definition) is 0. The van der Waals surface area contributed by atoms with E-state index in [0.29, 0.717) is 4.34 Å².